The molecule has 4 aromatic rings. The molecule has 2 aromatic carbocycles. The van der Waals surface area contributed by atoms with Gasteiger partial charge in [0.15, 0.2) is 0 Å². The van der Waals surface area contributed by atoms with Crippen LogP contribution in [0.3, 0.4) is 0 Å². The molecule has 5 rings (SSSR count). The molecule has 0 bridgehead atoms. The zero-order chi connectivity index (χ0) is 22.1. The number of nitrogens with zero attached hydrogens (tertiary/aromatic N) is 4. The maximum atomic E-state index is 10.8. The molecule has 0 spiro atoms. The van der Waals surface area contributed by atoms with E-state index >= 15 is 0 Å². The monoisotopic (exact) mass is 433 g/mol. The first kappa shape index (κ1) is 20.2. The van der Waals surface area contributed by atoms with Gasteiger partial charge in [-0.05, 0) is 67.7 Å². The normalized spacial score (nSPS) is 15.3. The third-order valence-corrected chi connectivity index (χ3v) is 6.10. The van der Waals surface area contributed by atoms with Crippen molar-refractivity contribution in [2.75, 3.05) is 20.2 Å². The van der Waals surface area contributed by atoms with Crippen molar-refractivity contribution in [1.82, 2.24) is 20.1 Å². The Hall–Kier alpha value is -3.72. The van der Waals surface area contributed by atoms with E-state index in [1.54, 1.807) is 19.2 Å². The number of rotatable bonds is 6. The molecule has 1 fully saturated rings. The SMILES string of the molecule is COc1ccc2[nH]cc(C3CCN(Cc4nnc(-c5ccc([N+](=O)[O-])cc5)o4)CC3)c2c1. The number of aromatic nitrogens is 3. The van der Waals surface area contributed by atoms with Gasteiger partial charge in [-0.25, -0.2) is 0 Å². The molecule has 0 atom stereocenters. The fourth-order valence-corrected chi connectivity index (χ4v) is 4.34. The zero-order valence-corrected chi connectivity index (χ0v) is 17.7. The smallest absolute Gasteiger partial charge is 0.269 e. The zero-order valence-electron chi connectivity index (χ0n) is 17.7. The van der Waals surface area contributed by atoms with Crippen molar-refractivity contribution in [1.29, 1.82) is 0 Å². The Morgan fingerprint density at radius 3 is 2.69 bits per heavy atom. The number of likely N-dealkylation sites (tertiary alicyclic amines) is 1. The van der Waals surface area contributed by atoms with Crippen LogP contribution in [-0.4, -0.2) is 45.2 Å². The molecule has 1 saturated heterocycles. The van der Waals surface area contributed by atoms with Crippen molar-refractivity contribution in [2.45, 2.75) is 25.3 Å². The van der Waals surface area contributed by atoms with E-state index in [9.17, 15) is 10.1 Å². The van der Waals surface area contributed by atoms with Crippen molar-refractivity contribution in [3.63, 3.8) is 0 Å². The van der Waals surface area contributed by atoms with E-state index in [-0.39, 0.29) is 5.69 Å². The van der Waals surface area contributed by atoms with Gasteiger partial charge in [0.25, 0.3) is 5.69 Å². The topological polar surface area (TPSA) is 110 Å². The van der Waals surface area contributed by atoms with Crippen molar-refractivity contribution in [2.24, 2.45) is 0 Å². The summed E-state index contributed by atoms with van der Waals surface area (Å²) in [5.41, 5.74) is 3.18. The summed E-state index contributed by atoms with van der Waals surface area (Å²) in [7, 11) is 1.69. The summed E-state index contributed by atoms with van der Waals surface area (Å²) < 4.78 is 11.2. The second kappa shape index (κ2) is 8.43. The Morgan fingerprint density at radius 1 is 1.19 bits per heavy atom. The molecule has 0 aliphatic carbocycles. The van der Waals surface area contributed by atoms with E-state index in [1.165, 1.54) is 23.1 Å². The Morgan fingerprint density at radius 2 is 1.97 bits per heavy atom. The number of aromatic amines is 1. The van der Waals surface area contributed by atoms with Crippen LogP contribution in [0.4, 0.5) is 5.69 Å². The number of non-ortho nitro benzene ring substituents is 1. The number of hydrogen-bond acceptors (Lipinski definition) is 7. The average molecular weight is 433 g/mol. The van der Waals surface area contributed by atoms with Crippen LogP contribution < -0.4 is 4.74 Å². The van der Waals surface area contributed by atoms with Gasteiger partial charge in [-0.2, -0.15) is 0 Å². The van der Waals surface area contributed by atoms with Crippen LogP contribution in [-0.2, 0) is 6.54 Å². The van der Waals surface area contributed by atoms with Crippen LogP contribution in [0.15, 0.2) is 53.1 Å². The molecular formula is C23H23N5O4. The molecular weight excluding hydrogens is 410 g/mol. The predicted octanol–water partition coefficient (Wildman–Crippen LogP) is 4.51. The third kappa shape index (κ3) is 3.94. The quantitative estimate of drug-likeness (QED) is 0.352. The van der Waals surface area contributed by atoms with Crippen LogP contribution >= 0.6 is 0 Å². The third-order valence-electron chi connectivity index (χ3n) is 6.10. The number of fused-ring (bicyclic) bond motifs is 1. The minimum atomic E-state index is -0.431. The van der Waals surface area contributed by atoms with Gasteiger partial charge in [0.2, 0.25) is 11.8 Å². The molecule has 2 aromatic heterocycles. The lowest BCUT2D eigenvalue weighted by Crippen LogP contribution is -2.32. The number of piperidine rings is 1. The largest absolute Gasteiger partial charge is 0.497 e. The maximum Gasteiger partial charge on any atom is 0.269 e. The van der Waals surface area contributed by atoms with Gasteiger partial charge >= 0.3 is 0 Å². The minimum Gasteiger partial charge on any atom is -0.497 e. The Bertz CT molecular complexity index is 1240. The lowest BCUT2D eigenvalue weighted by atomic mass is 9.89. The molecule has 1 N–H and O–H groups in total. The lowest BCUT2D eigenvalue weighted by Gasteiger charge is -2.30. The van der Waals surface area contributed by atoms with Crippen molar-refractivity contribution in [3.05, 3.63) is 70.2 Å². The Balaban J connectivity index is 1.22. The van der Waals surface area contributed by atoms with Crippen LogP contribution in [0, 0.1) is 10.1 Å². The summed E-state index contributed by atoms with van der Waals surface area (Å²) in [4.78, 5) is 16.1. The first-order chi connectivity index (χ1) is 15.6. The molecule has 0 amide bonds. The molecule has 0 unspecified atom stereocenters. The molecule has 9 nitrogen and oxygen atoms in total. The Labute approximate surface area is 184 Å². The molecule has 1 aliphatic rings. The second-order valence-electron chi connectivity index (χ2n) is 8.01. The van der Waals surface area contributed by atoms with Gasteiger partial charge in [-0.3, -0.25) is 15.0 Å². The van der Waals surface area contributed by atoms with E-state index < -0.39 is 4.92 Å². The van der Waals surface area contributed by atoms with E-state index in [2.05, 4.69) is 38.4 Å². The number of H-pyrrole nitrogens is 1. The first-order valence-electron chi connectivity index (χ1n) is 10.6. The molecule has 9 heteroatoms. The molecule has 0 radical (unpaired) electrons. The number of benzene rings is 2. The second-order valence-corrected chi connectivity index (χ2v) is 8.01. The van der Waals surface area contributed by atoms with Crippen LogP contribution in [0.2, 0.25) is 0 Å². The summed E-state index contributed by atoms with van der Waals surface area (Å²) in [5.74, 6) is 2.28. The van der Waals surface area contributed by atoms with Crippen molar-refractivity contribution >= 4 is 16.6 Å². The molecule has 32 heavy (non-hydrogen) atoms. The number of hydrogen-bond donors (Lipinski definition) is 1. The predicted molar refractivity (Wildman–Crippen MR) is 118 cm³/mol. The fourth-order valence-electron chi connectivity index (χ4n) is 4.34. The molecule has 164 valence electrons. The summed E-state index contributed by atoms with van der Waals surface area (Å²) in [6.45, 7) is 2.47. The minimum absolute atomic E-state index is 0.0324. The maximum absolute atomic E-state index is 10.8. The van der Waals surface area contributed by atoms with Gasteiger partial charge in [0.1, 0.15) is 5.75 Å². The van der Waals surface area contributed by atoms with Crippen LogP contribution in [0.5, 0.6) is 5.75 Å². The number of nitro groups is 1. The highest BCUT2D eigenvalue weighted by molar-refractivity contribution is 5.85. The molecule has 3 heterocycles. The summed E-state index contributed by atoms with van der Waals surface area (Å²) >= 11 is 0. The van der Waals surface area contributed by atoms with E-state index in [0.717, 1.165) is 37.2 Å². The highest BCUT2D eigenvalue weighted by atomic mass is 16.6. The lowest BCUT2D eigenvalue weighted by molar-refractivity contribution is -0.384. The van der Waals surface area contributed by atoms with Gasteiger partial charge in [-0.1, -0.05) is 0 Å². The van der Waals surface area contributed by atoms with E-state index in [0.29, 0.717) is 29.8 Å². The van der Waals surface area contributed by atoms with Gasteiger partial charge in [0, 0.05) is 34.8 Å². The van der Waals surface area contributed by atoms with E-state index in [4.69, 9.17) is 9.15 Å². The fraction of sp³-hybridized carbons (Fsp3) is 0.304. The van der Waals surface area contributed by atoms with Crippen molar-refractivity contribution < 1.29 is 14.1 Å². The van der Waals surface area contributed by atoms with Gasteiger partial charge in [-0.15, -0.1) is 10.2 Å². The number of methoxy groups -OCH3 is 1. The molecule has 1 aliphatic heterocycles. The highest BCUT2D eigenvalue weighted by Crippen LogP contribution is 2.35. The average Bonchev–Trinajstić information content (AvgIpc) is 3.46. The summed E-state index contributed by atoms with van der Waals surface area (Å²) in [6.07, 6.45) is 4.22. The van der Waals surface area contributed by atoms with Crippen LogP contribution in [0.1, 0.15) is 30.2 Å². The number of nitrogens with one attached hydrogen (secondary N) is 1. The van der Waals surface area contributed by atoms with Gasteiger partial charge in [0.05, 0.1) is 18.6 Å². The first-order valence-corrected chi connectivity index (χ1v) is 10.6. The summed E-state index contributed by atoms with van der Waals surface area (Å²) in [6, 6.07) is 12.2. The standard InChI is InChI=1S/C23H23N5O4/c1-31-18-6-7-21-19(12-18)20(13-24-21)15-8-10-27(11-9-15)14-22-25-26-23(32-22)16-2-4-17(5-3-16)28(29)30/h2-7,12-13,15,24H,8-11,14H2,1H3. The Kier molecular flexibility index (Phi) is 5.32. The molecule has 0 saturated carbocycles. The van der Waals surface area contributed by atoms with Crippen molar-refractivity contribution in [3.8, 4) is 17.2 Å². The highest BCUT2D eigenvalue weighted by Gasteiger charge is 2.24. The van der Waals surface area contributed by atoms with Gasteiger partial charge < -0.3 is 14.1 Å². The van der Waals surface area contributed by atoms with E-state index in [1.807, 2.05) is 6.07 Å². The number of nitro benzene ring substituents is 1. The van der Waals surface area contributed by atoms with Crippen LogP contribution in [0.25, 0.3) is 22.4 Å². The summed E-state index contributed by atoms with van der Waals surface area (Å²) in [5, 5.41) is 20.3. The number of ether oxygens (including phenoxy) is 1.